The predicted molar refractivity (Wildman–Crippen MR) is 79.8 cm³/mol. The van der Waals surface area contributed by atoms with E-state index < -0.39 is 19.9 Å². The number of nitrogens with zero attached hydrogens (tertiary/aromatic N) is 1. The molecule has 140 valence electrons. The summed E-state index contributed by atoms with van der Waals surface area (Å²) in [5.41, 5.74) is 0. The van der Waals surface area contributed by atoms with Gasteiger partial charge in [-0.15, -0.1) is 0 Å². The Morgan fingerprint density at radius 1 is 1.13 bits per heavy atom. The highest BCUT2D eigenvalue weighted by atomic mass is 31.2. The van der Waals surface area contributed by atoms with Crippen LogP contribution in [-0.4, -0.2) is 59.6 Å². The summed E-state index contributed by atoms with van der Waals surface area (Å²) < 4.78 is 49.1. The first-order chi connectivity index (χ1) is 10.5. The van der Waals surface area contributed by atoms with Crippen LogP contribution in [-0.2, 0) is 13.9 Å². The van der Waals surface area contributed by atoms with Crippen molar-refractivity contribution in [1.29, 1.82) is 0 Å². The lowest BCUT2D eigenvalue weighted by molar-refractivity contribution is -0.173. The largest absolute Gasteiger partial charge is 0.471 e. The minimum absolute atomic E-state index is 0.127. The van der Waals surface area contributed by atoms with Gasteiger partial charge in [0.05, 0.1) is 6.61 Å². The summed E-state index contributed by atoms with van der Waals surface area (Å²) in [6, 6.07) is 0. The van der Waals surface area contributed by atoms with Crippen molar-refractivity contribution in [1.82, 2.24) is 10.2 Å². The molecule has 0 aromatic carbocycles. The summed E-state index contributed by atoms with van der Waals surface area (Å²) in [5, 5.41) is 1.61. The molecule has 0 aliphatic heterocycles. The number of phosphoric acid groups is 1. The van der Waals surface area contributed by atoms with Crippen LogP contribution >= 0.6 is 7.82 Å². The number of phosphoric ester groups is 1. The monoisotopic (exact) mass is 366 g/mol. The van der Waals surface area contributed by atoms with Gasteiger partial charge in [-0.3, -0.25) is 9.32 Å². The molecule has 1 amide bonds. The molecular formula is C12H26F3N2O5P. The molecule has 0 fully saturated rings. The molecular weight excluding hydrogens is 340 g/mol. The highest BCUT2D eigenvalue weighted by Gasteiger charge is 2.38. The van der Waals surface area contributed by atoms with Gasteiger partial charge >= 0.3 is 19.9 Å². The first-order valence-corrected chi connectivity index (χ1v) is 8.78. The van der Waals surface area contributed by atoms with Crippen LogP contribution in [0.15, 0.2) is 0 Å². The van der Waals surface area contributed by atoms with Gasteiger partial charge in [0.2, 0.25) is 0 Å². The first-order valence-electron chi connectivity index (χ1n) is 7.25. The fourth-order valence-corrected chi connectivity index (χ4v) is 1.75. The van der Waals surface area contributed by atoms with Crippen LogP contribution in [0.25, 0.3) is 0 Å². The Labute approximate surface area is 134 Å². The molecule has 3 N–H and O–H groups in total. The van der Waals surface area contributed by atoms with Crippen molar-refractivity contribution in [2.24, 2.45) is 0 Å². The summed E-state index contributed by atoms with van der Waals surface area (Å²) in [5.74, 6) is -2.04. The third-order valence-electron chi connectivity index (χ3n) is 2.72. The van der Waals surface area contributed by atoms with E-state index in [2.05, 4.69) is 30.2 Å². The van der Waals surface area contributed by atoms with E-state index in [0.717, 1.165) is 0 Å². The van der Waals surface area contributed by atoms with Crippen LogP contribution in [0.4, 0.5) is 13.2 Å². The number of unbranched alkanes of at least 4 members (excludes halogenated alkanes) is 1. The molecule has 0 atom stereocenters. The molecule has 7 nitrogen and oxygen atoms in total. The molecule has 0 radical (unpaired) electrons. The number of halogens is 3. The quantitative estimate of drug-likeness (QED) is 0.426. The van der Waals surface area contributed by atoms with Gasteiger partial charge in [-0.05, 0) is 32.5 Å². The maximum absolute atomic E-state index is 11.6. The van der Waals surface area contributed by atoms with Crippen LogP contribution in [0, 0.1) is 0 Å². The Morgan fingerprint density at radius 3 is 1.91 bits per heavy atom. The second-order valence-corrected chi connectivity index (χ2v) is 5.64. The van der Waals surface area contributed by atoms with Crippen LogP contribution in [0.1, 0.15) is 33.6 Å². The number of alkyl halides is 3. The molecule has 0 unspecified atom stereocenters. The van der Waals surface area contributed by atoms with Crippen LogP contribution in [0.2, 0.25) is 0 Å². The summed E-state index contributed by atoms with van der Waals surface area (Å²) in [6.07, 6.45) is -4.66. The van der Waals surface area contributed by atoms with Crippen LogP contribution < -0.4 is 5.32 Å². The van der Waals surface area contributed by atoms with E-state index in [0.29, 0.717) is 0 Å². The lowest BCUT2D eigenvalue weighted by Crippen LogP contribution is -2.37. The van der Waals surface area contributed by atoms with Crippen LogP contribution in [0.5, 0.6) is 0 Å². The molecule has 0 bridgehead atoms. The summed E-state index contributed by atoms with van der Waals surface area (Å²) in [6.45, 7) is 9.61. The Hall–Kier alpha value is -0.670. The topological polar surface area (TPSA) is 99.1 Å². The standard InChI is InChI=1S/C6H11F3NO5P.C6H15N/c7-6(8,9)5(11)10-3-1-2-4-15-16(12,13)14;1-4-7(5-2)6-3/h1-4H2,(H,10,11)(H2,12,13,14);4-6H2,1-3H3. The van der Waals surface area contributed by atoms with Gasteiger partial charge in [0.25, 0.3) is 0 Å². The van der Waals surface area contributed by atoms with Gasteiger partial charge in [-0.2, -0.15) is 13.2 Å². The average molecular weight is 366 g/mol. The van der Waals surface area contributed by atoms with Gasteiger partial charge < -0.3 is 20.0 Å². The van der Waals surface area contributed by atoms with E-state index in [9.17, 15) is 22.5 Å². The smallest absolute Gasteiger partial charge is 0.348 e. The number of amides is 1. The molecule has 0 aliphatic carbocycles. The first kappa shape index (κ1) is 24.6. The van der Waals surface area contributed by atoms with Gasteiger partial charge in [-0.25, -0.2) is 4.57 Å². The molecule has 23 heavy (non-hydrogen) atoms. The zero-order valence-electron chi connectivity index (χ0n) is 13.6. The van der Waals surface area contributed by atoms with Crippen molar-refractivity contribution in [2.45, 2.75) is 39.8 Å². The summed E-state index contributed by atoms with van der Waals surface area (Å²) in [7, 11) is -4.53. The van der Waals surface area contributed by atoms with Crippen molar-refractivity contribution < 1.29 is 36.8 Å². The lowest BCUT2D eigenvalue weighted by Gasteiger charge is -2.13. The molecule has 0 rings (SSSR count). The number of hydrogen-bond acceptors (Lipinski definition) is 4. The fourth-order valence-electron chi connectivity index (χ4n) is 1.38. The third kappa shape index (κ3) is 17.5. The molecule has 11 heteroatoms. The Bertz CT molecular complexity index is 354. The number of carbonyl (C=O) groups excluding carboxylic acids is 1. The van der Waals surface area contributed by atoms with Gasteiger partial charge in [0.1, 0.15) is 0 Å². The van der Waals surface area contributed by atoms with Crippen molar-refractivity contribution in [2.75, 3.05) is 32.8 Å². The number of nitrogens with one attached hydrogen (secondary N) is 1. The summed E-state index contributed by atoms with van der Waals surface area (Å²) in [4.78, 5) is 29.1. The molecule has 0 aromatic heterocycles. The van der Waals surface area contributed by atoms with Crippen LogP contribution in [0.3, 0.4) is 0 Å². The summed E-state index contributed by atoms with van der Waals surface area (Å²) >= 11 is 0. The van der Waals surface area contributed by atoms with Crippen molar-refractivity contribution in [3.63, 3.8) is 0 Å². The normalized spacial score (nSPS) is 11.9. The van der Waals surface area contributed by atoms with Gasteiger partial charge in [0, 0.05) is 6.54 Å². The van der Waals surface area contributed by atoms with E-state index in [1.165, 1.54) is 19.6 Å². The van der Waals surface area contributed by atoms with Gasteiger partial charge in [0.15, 0.2) is 0 Å². The highest BCUT2D eigenvalue weighted by molar-refractivity contribution is 7.46. The molecule has 0 aliphatic rings. The Kier molecular flexibility index (Phi) is 13.6. The molecule has 0 saturated carbocycles. The fraction of sp³-hybridized carbons (Fsp3) is 0.917. The maximum Gasteiger partial charge on any atom is 0.471 e. The Morgan fingerprint density at radius 2 is 1.61 bits per heavy atom. The zero-order chi connectivity index (χ0) is 18.5. The average Bonchev–Trinajstić information content (AvgIpc) is 2.43. The number of hydrogen-bond donors (Lipinski definition) is 3. The lowest BCUT2D eigenvalue weighted by atomic mass is 10.3. The van der Waals surface area contributed by atoms with E-state index in [1.807, 2.05) is 0 Å². The molecule has 0 heterocycles. The predicted octanol–water partition coefficient (Wildman–Crippen LogP) is 1.90. The second kappa shape index (κ2) is 12.7. The van der Waals surface area contributed by atoms with Gasteiger partial charge in [-0.1, -0.05) is 20.8 Å². The molecule has 0 saturated heterocycles. The van der Waals surface area contributed by atoms with E-state index >= 15 is 0 Å². The van der Waals surface area contributed by atoms with E-state index in [1.54, 1.807) is 5.32 Å². The molecule has 0 spiro atoms. The Balaban J connectivity index is 0. The second-order valence-electron chi connectivity index (χ2n) is 4.40. The van der Waals surface area contributed by atoms with E-state index in [-0.39, 0.29) is 26.0 Å². The number of rotatable bonds is 9. The highest BCUT2D eigenvalue weighted by Crippen LogP contribution is 2.35. The SMILES string of the molecule is CCN(CC)CC.O=C(NCCCCOP(=O)(O)O)C(F)(F)F. The minimum atomic E-state index is -4.91. The maximum atomic E-state index is 11.6. The minimum Gasteiger partial charge on any atom is -0.348 e. The number of carbonyl (C=O) groups is 1. The van der Waals surface area contributed by atoms with Crippen molar-refractivity contribution >= 4 is 13.7 Å². The van der Waals surface area contributed by atoms with Crippen molar-refractivity contribution in [3.8, 4) is 0 Å². The van der Waals surface area contributed by atoms with E-state index in [4.69, 9.17) is 9.79 Å². The zero-order valence-corrected chi connectivity index (χ0v) is 14.5. The van der Waals surface area contributed by atoms with Crippen molar-refractivity contribution in [3.05, 3.63) is 0 Å². The molecule has 0 aromatic rings. The third-order valence-corrected chi connectivity index (χ3v) is 3.23.